The molecule has 1 aliphatic heterocycles. The van der Waals surface area contributed by atoms with Crippen LogP contribution in [0.15, 0.2) is 60.0 Å². The maximum Gasteiger partial charge on any atom is 0.343 e. The van der Waals surface area contributed by atoms with Crippen LogP contribution in [0.25, 0.3) is 0 Å². The molecule has 1 aliphatic rings. The van der Waals surface area contributed by atoms with Gasteiger partial charge >= 0.3 is 5.97 Å². The van der Waals surface area contributed by atoms with Gasteiger partial charge in [0.05, 0.1) is 41.3 Å². The first kappa shape index (κ1) is 31.9. The van der Waals surface area contributed by atoms with Gasteiger partial charge in [0.1, 0.15) is 23.1 Å². The van der Waals surface area contributed by atoms with Crippen LogP contribution < -0.4 is 29.4 Å². The molecule has 3 aromatic carbocycles. The van der Waals surface area contributed by atoms with E-state index in [2.05, 4.69) is 13.0 Å². The van der Waals surface area contributed by atoms with Crippen LogP contribution >= 0.6 is 23.2 Å². The highest BCUT2D eigenvalue weighted by atomic mass is 35.5. The number of unbranched alkanes of at least 4 members (excludes halogenated alkanes) is 2. The van der Waals surface area contributed by atoms with Crippen LogP contribution in [0.4, 0.5) is 0 Å². The van der Waals surface area contributed by atoms with Gasteiger partial charge in [0.2, 0.25) is 5.88 Å². The van der Waals surface area contributed by atoms with E-state index in [1.54, 1.807) is 18.2 Å². The van der Waals surface area contributed by atoms with Crippen LogP contribution in [-0.4, -0.2) is 25.8 Å². The summed E-state index contributed by atoms with van der Waals surface area (Å²) in [6.07, 6.45) is 3.73. The fraction of sp³-hybridized carbons (Fsp3) is 0.333. The van der Waals surface area contributed by atoms with Crippen molar-refractivity contribution in [3.05, 3.63) is 86.7 Å². The Labute approximate surface area is 261 Å². The van der Waals surface area contributed by atoms with Gasteiger partial charge in [-0.25, -0.2) is 4.79 Å². The molecular weight excluding hydrogens is 591 g/mol. The number of ether oxygens (including phenoxy) is 5. The highest BCUT2D eigenvalue weighted by Crippen LogP contribution is 2.45. The first-order chi connectivity index (χ1) is 20.8. The van der Waals surface area contributed by atoms with E-state index < -0.39 is 11.9 Å². The van der Waals surface area contributed by atoms with Gasteiger partial charge in [-0.1, -0.05) is 62.0 Å². The van der Waals surface area contributed by atoms with Crippen LogP contribution in [0.5, 0.6) is 28.7 Å². The molecule has 4 rings (SSSR count). The zero-order valence-corrected chi connectivity index (χ0v) is 25.9. The van der Waals surface area contributed by atoms with E-state index in [1.165, 1.54) is 12.1 Å². The number of rotatable bonds is 13. The van der Waals surface area contributed by atoms with E-state index in [4.69, 9.17) is 52.6 Å². The molecule has 1 unspecified atom stereocenters. The van der Waals surface area contributed by atoms with Crippen LogP contribution in [0.3, 0.4) is 0 Å². The lowest BCUT2D eigenvalue weighted by atomic mass is 9.83. The third kappa shape index (κ3) is 7.48. The van der Waals surface area contributed by atoms with Crippen LogP contribution in [0, 0.1) is 11.3 Å². The highest BCUT2D eigenvalue weighted by Gasteiger charge is 2.32. The second kappa shape index (κ2) is 14.9. The summed E-state index contributed by atoms with van der Waals surface area (Å²) in [5.74, 6) is 0.837. The van der Waals surface area contributed by atoms with Gasteiger partial charge in [0.25, 0.3) is 0 Å². The number of nitriles is 1. The second-order valence-electron chi connectivity index (χ2n) is 9.83. The van der Waals surface area contributed by atoms with Gasteiger partial charge in [-0.2, -0.15) is 5.26 Å². The van der Waals surface area contributed by atoms with Gasteiger partial charge < -0.3 is 29.4 Å². The fourth-order valence-electron chi connectivity index (χ4n) is 4.56. The minimum Gasteiger partial charge on any atom is -0.490 e. The van der Waals surface area contributed by atoms with Crippen LogP contribution in [-0.2, 0) is 0 Å². The highest BCUT2D eigenvalue weighted by molar-refractivity contribution is 6.37. The van der Waals surface area contributed by atoms with Gasteiger partial charge in [0.15, 0.2) is 17.2 Å². The third-order valence-electron chi connectivity index (χ3n) is 6.74. The molecule has 0 saturated carbocycles. The number of allylic oxidation sites excluding steroid dienone is 1. The summed E-state index contributed by atoms with van der Waals surface area (Å²) in [6.45, 7) is 7.52. The number of esters is 1. The zero-order valence-electron chi connectivity index (χ0n) is 24.4. The Bertz CT molecular complexity index is 1530. The molecule has 0 aliphatic carbocycles. The van der Waals surface area contributed by atoms with E-state index in [0.717, 1.165) is 31.2 Å². The zero-order chi connectivity index (χ0) is 30.9. The average Bonchev–Trinajstić information content (AvgIpc) is 2.98. The Kier molecular flexibility index (Phi) is 11.0. The molecule has 0 spiro atoms. The first-order valence-electron chi connectivity index (χ1n) is 14.3. The molecule has 0 radical (unpaired) electrons. The molecule has 0 bridgehead atoms. The summed E-state index contributed by atoms with van der Waals surface area (Å²) in [5.41, 5.74) is 8.06. The SMILES string of the molecule is CCCCOc1ccc(C2C(C#N)=C(N)Oc3cc(OC(=O)c4cc(Cl)c(OCCCC)c(Cl)c4)ccc32)cc1OCC. The normalized spacial score (nSPS) is 13.9. The number of hydrogen-bond acceptors (Lipinski definition) is 8. The predicted octanol–water partition coefficient (Wildman–Crippen LogP) is 8.19. The maximum absolute atomic E-state index is 13.0. The molecule has 8 nitrogen and oxygen atoms in total. The largest absolute Gasteiger partial charge is 0.490 e. The van der Waals surface area contributed by atoms with E-state index in [9.17, 15) is 10.1 Å². The summed E-state index contributed by atoms with van der Waals surface area (Å²) in [4.78, 5) is 13.0. The number of benzene rings is 3. The number of carbonyl (C=O) groups excluding carboxylic acids is 1. The minimum absolute atomic E-state index is 0.0399. The molecule has 0 amide bonds. The molecule has 43 heavy (non-hydrogen) atoms. The van der Waals surface area contributed by atoms with Crippen LogP contribution in [0.1, 0.15) is 73.9 Å². The molecule has 0 aromatic heterocycles. The molecule has 0 fully saturated rings. The van der Waals surface area contributed by atoms with Gasteiger partial charge in [0, 0.05) is 11.6 Å². The fourth-order valence-corrected chi connectivity index (χ4v) is 5.16. The van der Waals surface area contributed by atoms with Gasteiger partial charge in [-0.15, -0.1) is 0 Å². The Hall–Kier alpha value is -4.06. The number of nitrogens with zero attached hydrogens (tertiary/aromatic N) is 1. The molecule has 226 valence electrons. The smallest absolute Gasteiger partial charge is 0.343 e. The number of carbonyl (C=O) groups is 1. The lowest BCUT2D eigenvalue weighted by Crippen LogP contribution is -2.21. The number of nitrogens with two attached hydrogens (primary N) is 1. The molecule has 3 aromatic rings. The van der Waals surface area contributed by atoms with Crippen molar-refractivity contribution in [1.29, 1.82) is 5.26 Å². The molecule has 1 heterocycles. The van der Waals surface area contributed by atoms with E-state index >= 15 is 0 Å². The summed E-state index contributed by atoms with van der Waals surface area (Å²) < 4.78 is 28.9. The van der Waals surface area contributed by atoms with Gasteiger partial charge in [-0.3, -0.25) is 0 Å². The number of fused-ring (bicyclic) bond motifs is 1. The van der Waals surface area contributed by atoms with Crippen molar-refractivity contribution in [2.45, 2.75) is 52.4 Å². The Morgan fingerprint density at radius 1 is 0.930 bits per heavy atom. The standard InChI is InChI=1S/C33H34Cl2N2O6/c1-4-7-13-40-27-12-9-20(17-29(27)39-6-3)30-23-11-10-22(18-28(23)43-32(37)24(30)19-36)42-33(38)21-15-25(34)31(26(35)16-21)41-14-8-5-2/h9-12,15-18,30H,4-8,13-14,37H2,1-3H3. The lowest BCUT2D eigenvalue weighted by Gasteiger charge is -2.27. The summed E-state index contributed by atoms with van der Waals surface area (Å²) in [5, 5.41) is 10.4. The van der Waals surface area contributed by atoms with E-state index in [0.29, 0.717) is 48.4 Å². The van der Waals surface area contributed by atoms with Gasteiger partial charge in [-0.05, 0) is 55.7 Å². The van der Waals surface area contributed by atoms with Crippen molar-refractivity contribution in [3.8, 4) is 34.8 Å². The summed E-state index contributed by atoms with van der Waals surface area (Å²) >= 11 is 12.7. The predicted molar refractivity (Wildman–Crippen MR) is 166 cm³/mol. The van der Waals surface area contributed by atoms with Crippen molar-refractivity contribution >= 4 is 29.2 Å². The Morgan fingerprint density at radius 3 is 2.28 bits per heavy atom. The van der Waals surface area contributed by atoms with Crippen molar-refractivity contribution < 1.29 is 28.5 Å². The van der Waals surface area contributed by atoms with E-state index in [1.807, 2.05) is 32.0 Å². The number of hydrogen-bond donors (Lipinski definition) is 1. The summed E-state index contributed by atoms with van der Waals surface area (Å²) in [6, 6.07) is 15.6. The monoisotopic (exact) mass is 624 g/mol. The van der Waals surface area contributed by atoms with E-state index in [-0.39, 0.29) is 32.8 Å². The first-order valence-corrected chi connectivity index (χ1v) is 15.0. The maximum atomic E-state index is 13.0. The Morgan fingerprint density at radius 2 is 1.63 bits per heavy atom. The molecular formula is C33H34Cl2N2O6. The van der Waals surface area contributed by atoms with Crippen LogP contribution in [0.2, 0.25) is 10.0 Å². The van der Waals surface area contributed by atoms with Crippen molar-refractivity contribution in [1.82, 2.24) is 0 Å². The lowest BCUT2D eigenvalue weighted by molar-refractivity contribution is 0.0734. The average molecular weight is 626 g/mol. The topological polar surface area (TPSA) is 113 Å². The quantitative estimate of drug-likeness (QED) is 0.115. The van der Waals surface area contributed by atoms with Crippen molar-refractivity contribution in [3.63, 3.8) is 0 Å². The second-order valence-corrected chi connectivity index (χ2v) is 10.6. The third-order valence-corrected chi connectivity index (χ3v) is 7.30. The summed E-state index contributed by atoms with van der Waals surface area (Å²) in [7, 11) is 0. The molecule has 2 N–H and O–H groups in total. The molecule has 1 atom stereocenters. The Balaban J connectivity index is 1.61. The van der Waals surface area contributed by atoms with Crippen molar-refractivity contribution in [2.75, 3.05) is 19.8 Å². The number of halogens is 2. The molecule has 0 saturated heterocycles. The van der Waals surface area contributed by atoms with Crippen molar-refractivity contribution in [2.24, 2.45) is 5.73 Å². The molecule has 10 heteroatoms. The minimum atomic E-state index is -0.669.